The minimum absolute atomic E-state index is 0.0109. The van der Waals surface area contributed by atoms with E-state index in [1.54, 1.807) is 6.07 Å². The van der Waals surface area contributed by atoms with Crippen LogP contribution < -0.4 is 16.0 Å². The first-order valence-electron chi connectivity index (χ1n) is 29.2. The Labute approximate surface area is 445 Å². The van der Waals surface area contributed by atoms with E-state index >= 15 is 9.59 Å². The Bertz CT molecular complexity index is 2950. The molecule has 5 aliphatic carbocycles. The van der Waals surface area contributed by atoms with E-state index in [1.807, 2.05) is 12.1 Å². The van der Waals surface area contributed by atoms with E-state index in [0.717, 1.165) is 130 Å². The number of benzene rings is 4. The predicted molar refractivity (Wildman–Crippen MR) is 298 cm³/mol. The number of piperidine rings is 1. The largest absolute Gasteiger partial charge is 0.508 e. The topological polar surface area (TPSA) is 109 Å². The van der Waals surface area contributed by atoms with Gasteiger partial charge in [0.1, 0.15) is 17.3 Å². The quantitative estimate of drug-likeness (QED) is 0.0919. The number of phenolic OH excluding ortho intramolecular Hbond substituents is 1. The number of phenols is 1. The van der Waals surface area contributed by atoms with Gasteiger partial charge in [0.2, 0.25) is 0 Å². The molecule has 0 radical (unpaired) electrons. The van der Waals surface area contributed by atoms with Gasteiger partial charge in [0.15, 0.2) is 0 Å². The number of rotatable bonds is 10. The zero-order valence-corrected chi connectivity index (χ0v) is 44.7. The van der Waals surface area contributed by atoms with E-state index in [9.17, 15) is 5.11 Å². The number of esters is 2. The van der Waals surface area contributed by atoms with Crippen molar-refractivity contribution in [2.24, 2.45) is 52.3 Å². The normalized spacial score (nSPS) is 30.2. The van der Waals surface area contributed by atoms with Gasteiger partial charge < -0.3 is 30.5 Å². The van der Waals surface area contributed by atoms with Crippen molar-refractivity contribution in [3.8, 4) is 16.9 Å². The number of hydrogen-bond acceptors (Lipinski definition) is 8. The monoisotopic (exact) mass is 1010 g/mol. The lowest BCUT2D eigenvalue weighted by atomic mass is 9.44. The highest BCUT2D eigenvalue weighted by atomic mass is 16.5. The van der Waals surface area contributed by atoms with Crippen molar-refractivity contribution in [2.45, 2.75) is 136 Å². The number of carbonyl (C=O) groups excluding carboxylic acids is 2. The van der Waals surface area contributed by atoms with Crippen molar-refractivity contribution >= 4 is 17.5 Å². The van der Waals surface area contributed by atoms with Crippen LogP contribution in [0.15, 0.2) is 137 Å². The van der Waals surface area contributed by atoms with Crippen LogP contribution in [-0.2, 0) is 44.9 Å². The van der Waals surface area contributed by atoms with Crippen LogP contribution in [-0.4, -0.2) is 42.8 Å². The lowest BCUT2D eigenvalue weighted by molar-refractivity contribution is -0.135. The smallest absolute Gasteiger partial charge is 0.340 e. The van der Waals surface area contributed by atoms with Crippen LogP contribution in [0.3, 0.4) is 0 Å². The van der Waals surface area contributed by atoms with Gasteiger partial charge in [0, 0.05) is 23.6 Å². The van der Waals surface area contributed by atoms with E-state index in [0.29, 0.717) is 41.7 Å². The predicted octanol–water partition coefficient (Wildman–Crippen LogP) is 13.1. The fourth-order valence-corrected chi connectivity index (χ4v) is 16.1. The third kappa shape index (κ3) is 9.60. The van der Waals surface area contributed by atoms with E-state index < -0.39 is 5.41 Å². The summed E-state index contributed by atoms with van der Waals surface area (Å²) in [6, 6.07) is 34.4. The lowest BCUT2D eigenvalue weighted by Crippen LogP contribution is -2.52. The minimum Gasteiger partial charge on any atom is -0.508 e. The molecule has 4 fully saturated rings. The standard InChI is InChI=1S/C67H79N3O5/c1-4-43(33-44-12-6-5-7-13-44)37-58-67-29-23-53-54-20-21-55-57(74-64(72)61(55)62(54)67)24-28-66(50-26-32-70-59(38-50)69-30-10-11-42(2)3)27-22-47(40-66)35-46-15-8-14-45(34-46)25-31-68-41-48-16-9-17-49(36-48)52-19-18-51(71)39-56(52)60(53)63(67)65(73)75-58/h5-9,12-19,24,34,36-37,39,42-43,47,50,53-54,59,62,68-71H,4,10-11,20-23,25-33,35,38,40-41H2,1-3H3/b57-24?,58-37-/t43-,47-,50+,53+,54-,59-,62+,66+,67+/m0/s1. The molecule has 14 bridgehead atoms. The zero-order valence-electron chi connectivity index (χ0n) is 44.7. The number of allylic oxidation sites excluding steroid dienone is 5. The van der Waals surface area contributed by atoms with Gasteiger partial charge in [-0.25, -0.2) is 9.59 Å². The third-order valence-electron chi connectivity index (χ3n) is 19.6. The number of cyclic esters (lactones) is 1. The Hall–Kier alpha value is -5.54. The second-order valence-electron chi connectivity index (χ2n) is 24.5. The molecule has 1 spiro atoms. The first-order valence-corrected chi connectivity index (χ1v) is 29.2. The molecule has 4 aromatic carbocycles. The summed E-state index contributed by atoms with van der Waals surface area (Å²) in [4.78, 5) is 30.3. The maximum atomic E-state index is 15.2. The second kappa shape index (κ2) is 21.1. The Morgan fingerprint density at radius 3 is 2.55 bits per heavy atom. The fourth-order valence-electron chi connectivity index (χ4n) is 16.1. The van der Waals surface area contributed by atoms with Gasteiger partial charge in [-0.05, 0) is 238 Å². The number of carbonyl (C=O) groups is 2. The van der Waals surface area contributed by atoms with Crippen LogP contribution >= 0.6 is 0 Å². The average Bonchev–Trinajstić information content (AvgIpc) is 4.08. The third-order valence-corrected chi connectivity index (χ3v) is 19.6. The van der Waals surface area contributed by atoms with E-state index in [1.165, 1.54) is 54.4 Å². The summed E-state index contributed by atoms with van der Waals surface area (Å²) in [6.45, 7) is 10.5. The maximum absolute atomic E-state index is 15.2. The van der Waals surface area contributed by atoms with Crippen LogP contribution in [0.25, 0.3) is 16.7 Å². The van der Waals surface area contributed by atoms with Crippen molar-refractivity contribution in [3.05, 3.63) is 165 Å². The molecule has 10 aliphatic rings. The fraction of sp³-hybridized carbons (Fsp3) is 0.493. The molecule has 4 N–H and O–H groups in total. The Morgan fingerprint density at radius 1 is 0.827 bits per heavy atom. The molecule has 2 saturated heterocycles. The molecule has 0 aromatic heterocycles. The summed E-state index contributed by atoms with van der Waals surface area (Å²) >= 11 is 0. The number of aromatic hydroxyl groups is 1. The molecule has 5 heterocycles. The first-order chi connectivity index (χ1) is 36.6. The molecular weight excluding hydrogens is 927 g/mol. The lowest BCUT2D eigenvalue weighted by Gasteiger charge is -2.56. The van der Waals surface area contributed by atoms with Crippen LogP contribution in [0.2, 0.25) is 0 Å². The van der Waals surface area contributed by atoms with Crippen molar-refractivity contribution < 1.29 is 24.2 Å². The first kappa shape index (κ1) is 50.3. The summed E-state index contributed by atoms with van der Waals surface area (Å²) in [6.07, 6.45) is 21.0. The van der Waals surface area contributed by atoms with E-state index in [2.05, 4.69) is 128 Å². The van der Waals surface area contributed by atoms with Gasteiger partial charge in [-0.15, -0.1) is 0 Å². The molecule has 8 nitrogen and oxygen atoms in total. The molecule has 2 saturated carbocycles. The molecule has 5 aliphatic heterocycles. The maximum Gasteiger partial charge on any atom is 0.340 e. The summed E-state index contributed by atoms with van der Waals surface area (Å²) in [5, 5.41) is 23.0. The van der Waals surface area contributed by atoms with Crippen LogP contribution in [0.1, 0.15) is 132 Å². The van der Waals surface area contributed by atoms with Gasteiger partial charge >= 0.3 is 11.9 Å². The van der Waals surface area contributed by atoms with Crippen molar-refractivity contribution in [1.82, 2.24) is 16.0 Å². The Morgan fingerprint density at radius 2 is 1.68 bits per heavy atom. The Kier molecular flexibility index (Phi) is 14.2. The highest BCUT2D eigenvalue weighted by Crippen LogP contribution is 2.72. The van der Waals surface area contributed by atoms with Crippen molar-refractivity contribution in [2.75, 3.05) is 19.6 Å². The van der Waals surface area contributed by atoms with E-state index in [-0.39, 0.29) is 46.8 Å². The van der Waals surface area contributed by atoms with Gasteiger partial charge in [-0.2, -0.15) is 0 Å². The molecule has 8 heteroatoms. The highest BCUT2D eigenvalue weighted by molar-refractivity contribution is 6.07. The number of ether oxygens (including phenoxy) is 2. The van der Waals surface area contributed by atoms with E-state index in [4.69, 9.17) is 9.47 Å². The van der Waals surface area contributed by atoms with Gasteiger partial charge in [-0.1, -0.05) is 99.6 Å². The SMILES string of the molecule is CC[C@H](/C=C1\OC(=O)C2=C3c4cc(O)ccc4-c4cccc(c4)CNCCc4cccc(c4)C[C@@H]4CC[C@@]([C@@H]5CCN[C@H](NCCCC(C)C)C5)(CC=C5OC(=O)C6=C5CC[C@H]5[C@H]3CC[C@@]21[C@@H]65)C4)Cc1ccccc1. The van der Waals surface area contributed by atoms with Crippen LogP contribution in [0, 0.1) is 52.3 Å². The molecule has 14 rings (SSSR count). The van der Waals surface area contributed by atoms with Gasteiger partial charge in [-0.3, -0.25) is 0 Å². The molecule has 0 amide bonds. The summed E-state index contributed by atoms with van der Waals surface area (Å²) in [5.41, 5.74) is 10.9. The van der Waals surface area contributed by atoms with Crippen LogP contribution in [0.5, 0.6) is 5.75 Å². The van der Waals surface area contributed by atoms with Crippen molar-refractivity contribution in [3.63, 3.8) is 0 Å². The highest BCUT2D eigenvalue weighted by Gasteiger charge is 2.68. The average molecular weight is 1010 g/mol. The number of nitrogens with one attached hydrogen (secondary N) is 3. The summed E-state index contributed by atoms with van der Waals surface area (Å²) in [7, 11) is 0. The molecule has 0 unspecified atom stereocenters. The summed E-state index contributed by atoms with van der Waals surface area (Å²) in [5.74, 6) is 2.86. The van der Waals surface area contributed by atoms with Crippen molar-refractivity contribution in [1.29, 1.82) is 0 Å². The Balaban J connectivity index is 0.988. The summed E-state index contributed by atoms with van der Waals surface area (Å²) < 4.78 is 13.4. The number of hydrogen-bond donors (Lipinski definition) is 4. The molecule has 4 aromatic rings. The molecule has 75 heavy (non-hydrogen) atoms. The van der Waals surface area contributed by atoms with Gasteiger partial charge in [0.25, 0.3) is 0 Å². The molecular formula is C67H79N3O5. The second-order valence-corrected chi connectivity index (χ2v) is 24.5. The molecule has 9 atom stereocenters. The number of fused-ring (bicyclic) bond motifs is 5. The van der Waals surface area contributed by atoms with Gasteiger partial charge in [0.05, 0.1) is 17.2 Å². The van der Waals surface area contributed by atoms with Crippen LogP contribution in [0.4, 0.5) is 0 Å². The zero-order chi connectivity index (χ0) is 51.3. The minimum atomic E-state index is -0.852. The molecule has 392 valence electrons.